The maximum absolute atomic E-state index is 13.5. The molecule has 0 unspecified atom stereocenters. The van der Waals surface area contributed by atoms with Crippen molar-refractivity contribution in [1.29, 1.82) is 0 Å². The number of amides is 1. The van der Waals surface area contributed by atoms with Gasteiger partial charge in [0.1, 0.15) is 5.82 Å². The standard InChI is InChI=1S/C25H36FN5O/c1-3-12-30(13-4-2)14-7-11-27-24(32)21-9-6-15-31(19-21)25-28-17-22(18-29-25)20-8-5-10-23(26)16-20/h5,8,10,16-18,21H,3-4,6-7,9,11-15,19H2,1-2H3,(H,27,32)/t21-/m1/s1. The third-order valence-electron chi connectivity index (χ3n) is 5.90. The lowest BCUT2D eigenvalue weighted by atomic mass is 9.97. The summed E-state index contributed by atoms with van der Waals surface area (Å²) in [6.45, 7) is 9.88. The van der Waals surface area contributed by atoms with Crippen LogP contribution in [0.15, 0.2) is 36.7 Å². The van der Waals surface area contributed by atoms with E-state index in [0.29, 0.717) is 12.5 Å². The lowest BCUT2D eigenvalue weighted by Crippen LogP contribution is -2.44. The van der Waals surface area contributed by atoms with Gasteiger partial charge in [-0.25, -0.2) is 14.4 Å². The Bertz CT molecular complexity index is 838. The van der Waals surface area contributed by atoms with Gasteiger partial charge in [0, 0.05) is 37.6 Å². The number of nitrogens with zero attached hydrogens (tertiary/aromatic N) is 4. The van der Waals surface area contributed by atoms with Gasteiger partial charge in [-0.1, -0.05) is 26.0 Å². The molecule has 2 aromatic rings. The number of hydrogen-bond acceptors (Lipinski definition) is 5. The Morgan fingerprint density at radius 3 is 2.59 bits per heavy atom. The Morgan fingerprint density at radius 2 is 1.91 bits per heavy atom. The highest BCUT2D eigenvalue weighted by Crippen LogP contribution is 2.23. The second-order valence-electron chi connectivity index (χ2n) is 8.55. The van der Waals surface area contributed by atoms with Crippen LogP contribution in [0, 0.1) is 11.7 Å². The lowest BCUT2D eigenvalue weighted by Gasteiger charge is -2.32. The first-order chi connectivity index (χ1) is 15.6. The Kier molecular flexibility index (Phi) is 9.41. The average molecular weight is 442 g/mol. The van der Waals surface area contributed by atoms with Crippen LogP contribution < -0.4 is 10.2 Å². The molecule has 1 aromatic heterocycles. The molecule has 3 rings (SSSR count). The highest BCUT2D eigenvalue weighted by molar-refractivity contribution is 5.79. The quantitative estimate of drug-likeness (QED) is 0.532. The Labute approximate surface area is 191 Å². The zero-order chi connectivity index (χ0) is 22.8. The second-order valence-corrected chi connectivity index (χ2v) is 8.55. The summed E-state index contributed by atoms with van der Waals surface area (Å²) >= 11 is 0. The molecule has 1 aliphatic rings. The van der Waals surface area contributed by atoms with E-state index in [4.69, 9.17) is 0 Å². The summed E-state index contributed by atoms with van der Waals surface area (Å²) in [4.78, 5) is 26.2. The third-order valence-corrected chi connectivity index (χ3v) is 5.90. The normalized spacial score (nSPS) is 16.4. The molecule has 2 heterocycles. The molecule has 1 saturated heterocycles. The summed E-state index contributed by atoms with van der Waals surface area (Å²) in [7, 11) is 0. The van der Waals surface area contributed by atoms with E-state index in [-0.39, 0.29) is 17.6 Å². The van der Waals surface area contributed by atoms with Crippen molar-refractivity contribution in [3.63, 3.8) is 0 Å². The lowest BCUT2D eigenvalue weighted by molar-refractivity contribution is -0.125. The number of nitrogens with one attached hydrogen (secondary N) is 1. The molecule has 7 heteroatoms. The summed E-state index contributed by atoms with van der Waals surface area (Å²) in [5.74, 6) is 0.429. The van der Waals surface area contributed by atoms with Crippen LogP contribution in [0.25, 0.3) is 11.1 Å². The molecule has 0 bridgehead atoms. The molecule has 1 fully saturated rings. The second kappa shape index (κ2) is 12.5. The Hall–Kier alpha value is -2.54. The molecule has 1 amide bonds. The highest BCUT2D eigenvalue weighted by atomic mass is 19.1. The fraction of sp³-hybridized carbons (Fsp3) is 0.560. The fourth-order valence-electron chi connectivity index (χ4n) is 4.30. The Morgan fingerprint density at radius 1 is 1.16 bits per heavy atom. The minimum atomic E-state index is -0.278. The SMILES string of the molecule is CCCN(CCC)CCCNC(=O)[C@@H]1CCCN(c2ncc(-c3cccc(F)c3)cn2)C1. The van der Waals surface area contributed by atoms with Crippen molar-refractivity contribution in [3.8, 4) is 11.1 Å². The van der Waals surface area contributed by atoms with Crippen molar-refractivity contribution in [1.82, 2.24) is 20.2 Å². The predicted molar refractivity (Wildman–Crippen MR) is 127 cm³/mol. The zero-order valence-corrected chi connectivity index (χ0v) is 19.4. The number of carbonyl (C=O) groups is 1. The van der Waals surface area contributed by atoms with Crippen LogP contribution in [0.2, 0.25) is 0 Å². The number of aromatic nitrogens is 2. The first-order valence-electron chi connectivity index (χ1n) is 11.9. The van der Waals surface area contributed by atoms with E-state index >= 15 is 0 Å². The molecule has 1 aliphatic heterocycles. The molecular weight excluding hydrogens is 405 g/mol. The number of piperidine rings is 1. The minimum Gasteiger partial charge on any atom is -0.356 e. The monoisotopic (exact) mass is 441 g/mol. The molecule has 32 heavy (non-hydrogen) atoms. The molecule has 174 valence electrons. The van der Waals surface area contributed by atoms with Gasteiger partial charge in [0.05, 0.1) is 5.92 Å². The van der Waals surface area contributed by atoms with Crippen molar-refractivity contribution in [2.75, 3.05) is 44.2 Å². The first kappa shape index (κ1) is 24.1. The largest absolute Gasteiger partial charge is 0.356 e. The fourth-order valence-corrected chi connectivity index (χ4v) is 4.30. The predicted octanol–water partition coefficient (Wildman–Crippen LogP) is 4.13. The van der Waals surface area contributed by atoms with E-state index in [9.17, 15) is 9.18 Å². The molecule has 0 radical (unpaired) electrons. The van der Waals surface area contributed by atoms with Crippen molar-refractivity contribution >= 4 is 11.9 Å². The number of carbonyl (C=O) groups excluding carboxylic acids is 1. The topological polar surface area (TPSA) is 61.4 Å². The van der Waals surface area contributed by atoms with Crippen LogP contribution >= 0.6 is 0 Å². The minimum absolute atomic E-state index is 0.0439. The number of benzene rings is 1. The molecule has 1 aromatic carbocycles. The smallest absolute Gasteiger partial charge is 0.225 e. The molecule has 0 aliphatic carbocycles. The van der Waals surface area contributed by atoms with E-state index in [2.05, 4.69) is 38.9 Å². The Balaban J connectivity index is 1.48. The summed E-state index contributed by atoms with van der Waals surface area (Å²) in [5, 5.41) is 3.13. The maximum atomic E-state index is 13.5. The molecule has 1 atom stereocenters. The van der Waals surface area contributed by atoms with Gasteiger partial charge < -0.3 is 15.1 Å². The summed E-state index contributed by atoms with van der Waals surface area (Å²) in [6, 6.07) is 6.41. The number of hydrogen-bond donors (Lipinski definition) is 1. The van der Waals surface area contributed by atoms with E-state index in [1.54, 1.807) is 18.5 Å². The number of anilines is 1. The number of halogens is 1. The third kappa shape index (κ3) is 6.99. The van der Waals surface area contributed by atoms with Gasteiger partial charge in [-0.2, -0.15) is 0 Å². The van der Waals surface area contributed by atoms with E-state index in [1.165, 1.54) is 12.1 Å². The summed E-state index contributed by atoms with van der Waals surface area (Å²) < 4.78 is 13.5. The summed E-state index contributed by atoms with van der Waals surface area (Å²) in [5.41, 5.74) is 1.53. The van der Waals surface area contributed by atoms with Crippen LogP contribution in [0.4, 0.5) is 10.3 Å². The van der Waals surface area contributed by atoms with Gasteiger partial charge in [-0.15, -0.1) is 0 Å². The molecule has 1 N–H and O–H groups in total. The first-order valence-corrected chi connectivity index (χ1v) is 11.9. The van der Waals surface area contributed by atoms with E-state index in [1.807, 2.05) is 6.07 Å². The summed E-state index contributed by atoms with van der Waals surface area (Å²) in [6.07, 6.45) is 8.58. The van der Waals surface area contributed by atoms with Crippen molar-refractivity contribution in [2.24, 2.45) is 5.92 Å². The molecule has 0 spiro atoms. The van der Waals surface area contributed by atoms with Gasteiger partial charge in [-0.05, 0) is 69.4 Å². The molecule has 6 nitrogen and oxygen atoms in total. The number of rotatable bonds is 11. The van der Waals surface area contributed by atoms with Crippen molar-refractivity contribution in [2.45, 2.75) is 46.0 Å². The van der Waals surface area contributed by atoms with Gasteiger partial charge in [-0.3, -0.25) is 4.79 Å². The zero-order valence-electron chi connectivity index (χ0n) is 19.4. The van der Waals surface area contributed by atoms with Crippen molar-refractivity contribution < 1.29 is 9.18 Å². The van der Waals surface area contributed by atoms with Crippen LogP contribution in [-0.2, 0) is 4.79 Å². The average Bonchev–Trinajstić information content (AvgIpc) is 2.82. The highest BCUT2D eigenvalue weighted by Gasteiger charge is 2.27. The molecular formula is C25H36FN5O. The van der Waals surface area contributed by atoms with Gasteiger partial charge >= 0.3 is 0 Å². The van der Waals surface area contributed by atoms with Crippen LogP contribution in [0.1, 0.15) is 46.0 Å². The van der Waals surface area contributed by atoms with Crippen LogP contribution in [0.5, 0.6) is 0 Å². The van der Waals surface area contributed by atoms with E-state index < -0.39 is 0 Å². The van der Waals surface area contributed by atoms with Gasteiger partial charge in [0.25, 0.3) is 0 Å². The van der Waals surface area contributed by atoms with Crippen LogP contribution in [0.3, 0.4) is 0 Å². The molecule has 0 saturated carbocycles. The van der Waals surface area contributed by atoms with Crippen molar-refractivity contribution in [3.05, 3.63) is 42.5 Å². The maximum Gasteiger partial charge on any atom is 0.225 e. The van der Waals surface area contributed by atoms with Gasteiger partial charge in [0.2, 0.25) is 11.9 Å². The van der Waals surface area contributed by atoms with Gasteiger partial charge in [0.15, 0.2) is 0 Å². The van der Waals surface area contributed by atoms with Crippen LogP contribution in [-0.4, -0.2) is 60.0 Å². The van der Waals surface area contributed by atoms with E-state index in [0.717, 1.165) is 76.0 Å².